The third-order valence-electron chi connectivity index (χ3n) is 3.96. The van der Waals surface area contributed by atoms with Gasteiger partial charge < -0.3 is 14.5 Å². The molecule has 3 amide bonds. The topological polar surface area (TPSA) is 88.8 Å². The van der Waals surface area contributed by atoms with Crippen molar-refractivity contribution in [3.05, 3.63) is 23.7 Å². The summed E-state index contributed by atoms with van der Waals surface area (Å²) in [5.74, 6) is -0.428. The average molecular weight is 322 g/mol. The lowest BCUT2D eigenvalue weighted by molar-refractivity contribution is -0.132. The lowest BCUT2D eigenvalue weighted by Gasteiger charge is -2.25. The first-order valence-corrected chi connectivity index (χ1v) is 7.78. The van der Waals surface area contributed by atoms with Gasteiger partial charge >= 0.3 is 12.0 Å². The van der Waals surface area contributed by atoms with E-state index in [0.29, 0.717) is 18.6 Å². The number of nitrogens with zero attached hydrogens (tertiary/aromatic N) is 1. The van der Waals surface area contributed by atoms with E-state index in [0.717, 1.165) is 17.7 Å². The van der Waals surface area contributed by atoms with Crippen LogP contribution >= 0.6 is 0 Å². The molecule has 0 aromatic carbocycles. The van der Waals surface area contributed by atoms with Crippen molar-refractivity contribution in [2.24, 2.45) is 0 Å². The Kier molecular flexibility index (Phi) is 5.08. The third kappa shape index (κ3) is 3.23. The molecule has 1 aromatic heterocycles. The number of methoxy groups -OCH3 is 1. The van der Waals surface area contributed by atoms with Crippen LogP contribution in [0.5, 0.6) is 0 Å². The molecule has 2 rings (SSSR count). The Bertz CT molecular complexity index is 601. The standard InChI is InChI=1S/C16H22N2O5/c1-4-8-16(9-5-2)14(20)18(15(21)17-16)10-11-6-7-12(23-11)13(19)22-3/h6-7H,4-5,8-10H2,1-3H3,(H,17,21). The number of ether oxygens (including phenoxy) is 1. The summed E-state index contributed by atoms with van der Waals surface area (Å²) in [5.41, 5.74) is -0.821. The van der Waals surface area contributed by atoms with Crippen molar-refractivity contribution in [1.29, 1.82) is 0 Å². The van der Waals surface area contributed by atoms with Gasteiger partial charge in [-0.25, -0.2) is 9.59 Å². The van der Waals surface area contributed by atoms with Crippen molar-refractivity contribution in [3.8, 4) is 0 Å². The quantitative estimate of drug-likeness (QED) is 0.615. The number of imide groups is 1. The summed E-state index contributed by atoms with van der Waals surface area (Å²) in [5, 5.41) is 2.83. The number of amides is 3. The van der Waals surface area contributed by atoms with Gasteiger partial charge in [-0.2, -0.15) is 0 Å². The van der Waals surface area contributed by atoms with Gasteiger partial charge in [0.1, 0.15) is 11.3 Å². The van der Waals surface area contributed by atoms with Crippen LogP contribution in [0.1, 0.15) is 55.8 Å². The molecule has 0 spiro atoms. The Balaban J connectivity index is 2.17. The lowest BCUT2D eigenvalue weighted by Crippen LogP contribution is -2.46. The van der Waals surface area contributed by atoms with Crippen LogP contribution in [-0.2, 0) is 16.1 Å². The van der Waals surface area contributed by atoms with Crippen LogP contribution in [0, 0.1) is 0 Å². The Morgan fingerprint density at radius 1 is 1.26 bits per heavy atom. The van der Waals surface area contributed by atoms with Crippen molar-refractivity contribution < 1.29 is 23.5 Å². The first kappa shape index (κ1) is 17.1. The normalized spacial score (nSPS) is 16.6. The van der Waals surface area contributed by atoms with Crippen molar-refractivity contribution in [2.45, 2.75) is 51.6 Å². The fourth-order valence-corrected chi connectivity index (χ4v) is 2.97. The molecule has 1 saturated heterocycles. The zero-order chi connectivity index (χ0) is 17.0. The second kappa shape index (κ2) is 6.85. The Hall–Kier alpha value is -2.31. The van der Waals surface area contributed by atoms with E-state index in [1.807, 2.05) is 13.8 Å². The maximum atomic E-state index is 12.7. The highest BCUT2D eigenvalue weighted by molar-refractivity contribution is 6.06. The molecule has 126 valence electrons. The Labute approximate surface area is 135 Å². The van der Waals surface area contributed by atoms with Crippen molar-refractivity contribution in [2.75, 3.05) is 7.11 Å². The predicted octanol–water partition coefficient (Wildman–Crippen LogP) is 2.46. The summed E-state index contributed by atoms with van der Waals surface area (Å²) in [7, 11) is 1.26. The number of urea groups is 1. The van der Waals surface area contributed by atoms with E-state index in [1.54, 1.807) is 6.07 Å². The zero-order valence-electron chi connectivity index (χ0n) is 13.7. The molecular formula is C16H22N2O5. The fraction of sp³-hybridized carbons (Fsp3) is 0.562. The number of nitrogens with one attached hydrogen (secondary N) is 1. The van der Waals surface area contributed by atoms with Crippen molar-refractivity contribution >= 4 is 17.9 Å². The van der Waals surface area contributed by atoms with Crippen molar-refractivity contribution in [1.82, 2.24) is 10.2 Å². The van der Waals surface area contributed by atoms with Gasteiger partial charge in [-0.1, -0.05) is 26.7 Å². The third-order valence-corrected chi connectivity index (χ3v) is 3.96. The SMILES string of the molecule is CCCC1(CCC)NC(=O)N(Cc2ccc(C(=O)OC)o2)C1=O. The van der Waals surface area contributed by atoms with Crippen LogP contribution in [0.2, 0.25) is 0 Å². The highest BCUT2D eigenvalue weighted by Gasteiger charge is 2.49. The summed E-state index contributed by atoms with van der Waals surface area (Å²) in [6, 6.07) is 2.60. The highest BCUT2D eigenvalue weighted by Crippen LogP contribution is 2.29. The van der Waals surface area contributed by atoms with Crippen LogP contribution in [0.3, 0.4) is 0 Å². The van der Waals surface area contributed by atoms with Gasteiger partial charge in [-0.15, -0.1) is 0 Å². The summed E-state index contributed by atoms with van der Waals surface area (Å²) in [6.45, 7) is 3.96. The van der Waals surface area contributed by atoms with Crippen LogP contribution in [0.4, 0.5) is 4.79 Å². The number of hydrogen-bond donors (Lipinski definition) is 1. The van der Waals surface area contributed by atoms with Crippen LogP contribution in [-0.4, -0.2) is 35.5 Å². The maximum Gasteiger partial charge on any atom is 0.373 e. The van der Waals surface area contributed by atoms with Crippen LogP contribution in [0.15, 0.2) is 16.5 Å². The van der Waals surface area contributed by atoms with Gasteiger partial charge in [0.2, 0.25) is 5.76 Å². The fourth-order valence-electron chi connectivity index (χ4n) is 2.97. The smallest absolute Gasteiger partial charge is 0.373 e. The molecule has 1 aliphatic heterocycles. The first-order chi connectivity index (χ1) is 11.0. The first-order valence-electron chi connectivity index (χ1n) is 7.78. The molecule has 7 nitrogen and oxygen atoms in total. The van der Waals surface area contributed by atoms with Gasteiger partial charge in [0.25, 0.3) is 5.91 Å². The van der Waals surface area contributed by atoms with E-state index < -0.39 is 17.5 Å². The van der Waals surface area contributed by atoms with Gasteiger partial charge in [-0.05, 0) is 25.0 Å². The van der Waals surface area contributed by atoms with Gasteiger partial charge in [-0.3, -0.25) is 9.69 Å². The van der Waals surface area contributed by atoms with E-state index in [1.165, 1.54) is 13.2 Å². The molecule has 0 bridgehead atoms. The van der Waals surface area contributed by atoms with E-state index in [-0.39, 0.29) is 18.2 Å². The molecule has 0 saturated carbocycles. The minimum absolute atomic E-state index is 0.00314. The van der Waals surface area contributed by atoms with Crippen molar-refractivity contribution in [3.63, 3.8) is 0 Å². The Morgan fingerprint density at radius 2 is 1.91 bits per heavy atom. The minimum Gasteiger partial charge on any atom is -0.463 e. The summed E-state index contributed by atoms with van der Waals surface area (Å²) < 4.78 is 9.90. The zero-order valence-corrected chi connectivity index (χ0v) is 13.7. The monoisotopic (exact) mass is 322 g/mol. The van der Waals surface area contributed by atoms with Gasteiger partial charge in [0, 0.05) is 0 Å². The number of carbonyl (C=O) groups excluding carboxylic acids is 3. The largest absolute Gasteiger partial charge is 0.463 e. The maximum absolute atomic E-state index is 12.7. The molecule has 0 aliphatic carbocycles. The Morgan fingerprint density at radius 3 is 2.48 bits per heavy atom. The molecule has 1 aromatic rings. The number of furan rings is 1. The summed E-state index contributed by atoms with van der Waals surface area (Å²) in [4.78, 5) is 37.5. The molecule has 2 heterocycles. The average Bonchev–Trinajstić information content (AvgIpc) is 3.07. The van der Waals surface area contributed by atoms with E-state index in [2.05, 4.69) is 10.1 Å². The molecule has 1 aliphatic rings. The second-order valence-corrected chi connectivity index (χ2v) is 5.66. The number of rotatable bonds is 7. The molecule has 0 atom stereocenters. The van der Waals surface area contributed by atoms with Crippen LogP contribution < -0.4 is 5.32 Å². The number of carbonyl (C=O) groups is 3. The molecule has 0 unspecified atom stereocenters. The molecular weight excluding hydrogens is 300 g/mol. The number of esters is 1. The number of hydrogen-bond acceptors (Lipinski definition) is 5. The molecule has 1 N–H and O–H groups in total. The van der Waals surface area contributed by atoms with Gasteiger partial charge in [0.05, 0.1) is 13.7 Å². The van der Waals surface area contributed by atoms with E-state index in [9.17, 15) is 14.4 Å². The summed E-state index contributed by atoms with van der Waals surface area (Å²) in [6.07, 6.45) is 2.81. The van der Waals surface area contributed by atoms with E-state index >= 15 is 0 Å². The second-order valence-electron chi connectivity index (χ2n) is 5.66. The van der Waals surface area contributed by atoms with Gasteiger partial charge in [0.15, 0.2) is 0 Å². The molecule has 0 radical (unpaired) electrons. The minimum atomic E-state index is -0.821. The molecule has 23 heavy (non-hydrogen) atoms. The predicted molar refractivity (Wildman–Crippen MR) is 81.7 cm³/mol. The highest BCUT2D eigenvalue weighted by atomic mass is 16.5. The molecule has 1 fully saturated rings. The van der Waals surface area contributed by atoms with E-state index in [4.69, 9.17) is 4.42 Å². The van der Waals surface area contributed by atoms with Crippen LogP contribution in [0.25, 0.3) is 0 Å². The lowest BCUT2D eigenvalue weighted by atomic mass is 9.88. The molecule has 7 heteroatoms. The summed E-state index contributed by atoms with van der Waals surface area (Å²) >= 11 is 0.